The van der Waals surface area contributed by atoms with Gasteiger partial charge < -0.3 is 27.0 Å². The van der Waals surface area contributed by atoms with Crippen molar-refractivity contribution in [2.24, 2.45) is 5.92 Å². The molecule has 1 unspecified atom stereocenters. The van der Waals surface area contributed by atoms with Crippen molar-refractivity contribution in [3.8, 4) is 0 Å². The Morgan fingerprint density at radius 2 is 1.29 bits per heavy atom. The minimum atomic E-state index is -0.365. The van der Waals surface area contributed by atoms with Crippen molar-refractivity contribution < 1.29 is 108 Å². The normalized spacial score (nSPS) is 14.8. The third kappa shape index (κ3) is 14.6. The summed E-state index contributed by atoms with van der Waals surface area (Å²) >= 11 is 0. The van der Waals surface area contributed by atoms with Gasteiger partial charge in [-0.2, -0.15) is 0 Å². The van der Waals surface area contributed by atoms with Gasteiger partial charge in [0.2, 0.25) is 0 Å². The minimum absolute atomic E-state index is 0. The van der Waals surface area contributed by atoms with Crippen LogP contribution in [-0.4, -0.2) is 23.0 Å². The SMILES string of the molecule is C=C/C=C\C=C(/C=C)N1C(=C)C(C)C(=O)N1/C(C=C)=C/C=C(\C=C)OC.CC.[CH3-].[CH3-].[CH3-].[Y].[Y].[Y]. The third-order valence-electron chi connectivity index (χ3n) is 3.83. The van der Waals surface area contributed by atoms with Crippen molar-refractivity contribution in [1.82, 2.24) is 10.0 Å². The van der Waals surface area contributed by atoms with Gasteiger partial charge in [-0.25, -0.2) is 5.01 Å². The van der Waals surface area contributed by atoms with E-state index >= 15 is 0 Å². The number of nitrogens with zero attached hydrogens (tertiary/aromatic N) is 2. The van der Waals surface area contributed by atoms with Gasteiger partial charge in [0.05, 0.1) is 24.4 Å². The maximum absolute atomic E-state index is 12.8. The molecule has 0 aromatic carbocycles. The van der Waals surface area contributed by atoms with Crippen molar-refractivity contribution >= 4 is 5.91 Å². The monoisotopic (exact) mass is 692 g/mol. The van der Waals surface area contributed by atoms with E-state index in [1.54, 1.807) is 54.7 Å². The molecule has 1 amide bonds. The van der Waals surface area contributed by atoms with Crippen LogP contribution in [0.5, 0.6) is 0 Å². The van der Waals surface area contributed by atoms with Crippen LogP contribution in [-0.2, 0) is 108 Å². The van der Waals surface area contributed by atoms with Crippen LogP contribution < -0.4 is 0 Å². The number of allylic oxidation sites excluding steroid dienone is 9. The standard InChI is InChI=1S/C22H26N2O2.C2H6.3CH3.3Y/c1-8-12-13-14-19(9-2)23-18(6)17(5)22(25)24(23)20(10-3)15-16-21(11-4)26-7;1-2;;;;;;/h8-17H,1-4,6H2,5,7H3;1-2H3;3*1H3;;;/q;;3*-1;;;/b13-12-,19-14+,20-15+,21-16+;;;;;;;. The Bertz CT molecular complexity index is 751. The molecule has 3 radical (unpaired) electrons. The van der Waals surface area contributed by atoms with Crippen LogP contribution in [0.3, 0.4) is 0 Å². The third-order valence-corrected chi connectivity index (χ3v) is 3.83. The number of ether oxygens (including phenoxy) is 1. The molecule has 0 aliphatic carbocycles. The molecule has 4 nitrogen and oxygen atoms in total. The number of hydrazine groups is 1. The van der Waals surface area contributed by atoms with E-state index in [4.69, 9.17) is 4.74 Å². The molecule has 1 aliphatic rings. The molecule has 1 aliphatic heterocycles. The summed E-state index contributed by atoms with van der Waals surface area (Å²) in [5.74, 6) is 0.103. The number of rotatable bonds is 9. The fraction of sp³-hybridized carbons (Fsp3) is 0.185. The number of carbonyl (C=O) groups excluding carboxylic acids is 1. The van der Waals surface area contributed by atoms with Gasteiger partial charge in [-0.05, 0) is 43.4 Å². The Kier molecular flexibility index (Phi) is 43.8. The molecule has 0 aromatic rings. The van der Waals surface area contributed by atoms with Gasteiger partial charge in [-0.15, -0.1) is 0 Å². The number of carbonyl (C=O) groups is 1. The molecule has 183 valence electrons. The predicted molar refractivity (Wildman–Crippen MR) is 139 cm³/mol. The first-order valence-corrected chi connectivity index (χ1v) is 9.12. The fourth-order valence-electron chi connectivity index (χ4n) is 2.33. The molecule has 1 heterocycles. The molecule has 1 fully saturated rings. The molecule has 1 atom stereocenters. The molecule has 34 heavy (non-hydrogen) atoms. The van der Waals surface area contributed by atoms with E-state index in [0.29, 0.717) is 22.9 Å². The first kappa shape index (κ1) is 50.8. The molecule has 0 N–H and O–H groups in total. The summed E-state index contributed by atoms with van der Waals surface area (Å²) in [6, 6.07) is 0. The van der Waals surface area contributed by atoms with Crippen LogP contribution in [0.25, 0.3) is 0 Å². The Labute approximate surface area is 286 Å². The Morgan fingerprint density at radius 3 is 1.68 bits per heavy atom. The topological polar surface area (TPSA) is 32.8 Å². The average Bonchev–Trinajstić information content (AvgIpc) is 2.94. The molecule has 0 saturated carbocycles. The van der Waals surface area contributed by atoms with Crippen molar-refractivity contribution in [2.45, 2.75) is 20.8 Å². The first-order valence-electron chi connectivity index (χ1n) is 9.12. The molecular formula is C27H41N2O2Y3-3. The summed E-state index contributed by atoms with van der Waals surface area (Å²) in [5, 5.41) is 3.26. The van der Waals surface area contributed by atoms with Gasteiger partial charge >= 0.3 is 0 Å². The summed E-state index contributed by atoms with van der Waals surface area (Å²) in [6.07, 6.45) is 15.4. The quantitative estimate of drug-likeness (QED) is 0.146. The summed E-state index contributed by atoms with van der Waals surface area (Å²) in [4.78, 5) is 12.8. The zero-order valence-electron chi connectivity index (χ0n) is 22.3. The van der Waals surface area contributed by atoms with Gasteiger partial charge in [0.15, 0.2) is 0 Å². The van der Waals surface area contributed by atoms with E-state index in [2.05, 4.69) is 32.9 Å². The van der Waals surface area contributed by atoms with Crippen molar-refractivity contribution in [3.63, 3.8) is 0 Å². The van der Waals surface area contributed by atoms with Crippen molar-refractivity contribution in [1.29, 1.82) is 0 Å². The largest absolute Gasteiger partial charge is 0.497 e. The zero-order chi connectivity index (χ0) is 21.7. The molecule has 1 rings (SSSR count). The van der Waals surface area contributed by atoms with Crippen LogP contribution >= 0.6 is 0 Å². The maximum atomic E-state index is 12.8. The van der Waals surface area contributed by atoms with Gasteiger partial charge in [-0.1, -0.05) is 65.0 Å². The van der Waals surface area contributed by atoms with Crippen molar-refractivity contribution in [3.05, 3.63) is 133 Å². The minimum Gasteiger partial charge on any atom is -0.497 e. The summed E-state index contributed by atoms with van der Waals surface area (Å²) in [7, 11) is 1.55. The van der Waals surface area contributed by atoms with Crippen LogP contribution in [0.4, 0.5) is 0 Å². The van der Waals surface area contributed by atoms with Crippen LogP contribution in [0.15, 0.2) is 110 Å². The van der Waals surface area contributed by atoms with Crippen molar-refractivity contribution in [2.75, 3.05) is 7.11 Å². The van der Waals surface area contributed by atoms with Crippen LogP contribution in [0.1, 0.15) is 20.8 Å². The number of amides is 1. The Hall–Kier alpha value is 0.0417. The van der Waals surface area contributed by atoms with E-state index in [1.807, 2.05) is 32.9 Å². The Balaban J connectivity index is -0.000000177. The van der Waals surface area contributed by atoms with E-state index in [9.17, 15) is 4.79 Å². The molecule has 0 bridgehead atoms. The summed E-state index contributed by atoms with van der Waals surface area (Å²) in [5.41, 5.74) is 1.94. The predicted octanol–water partition coefficient (Wildman–Crippen LogP) is 7.16. The van der Waals surface area contributed by atoms with Gasteiger partial charge in [0, 0.05) is 104 Å². The second-order valence-corrected chi connectivity index (χ2v) is 5.36. The second-order valence-electron chi connectivity index (χ2n) is 5.36. The second kappa shape index (κ2) is 29.3. The molecular weight excluding hydrogens is 651 g/mol. The summed E-state index contributed by atoms with van der Waals surface area (Å²) < 4.78 is 5.17. The molecule has 7 heteroatoms. The number of hydrogen-bond acceptors (Lipinski definition) is 3. The van der Waals surface area contributed by atoms with E-state index in [-0.39, 0.29) is 132 Å². The smallest absolute Gasteiger partial charge is 0.254 e. The maximum Gasteiger partial charge on any atom is 0.254 e. The van der Waals surface area contributed by atoms with Gasteiger partial charge in [0.1, 0.15) is 5.76 Å². The molecule has 0 aromatic heterocycles. The van der Waals surface area contributed by atoms with Gasteiger partial charge in [-0.3, -0.25) is 9.80 Å². The Morgan fingerprint density at radius 1 is 0.824 bits per heavy atom. The number of methoxy groups -OCH3 is 1. The van der Waals surface area contributed by atoms with E-state index in [1.165, 1.54) is 5.01 Å². The fourth-order valence-corrected chi connectivity index (χ4v) is 2.33. The zero-order valence-corrected chi connectivity index (χ0v) is 30.8. The molecule has 0 spiro atoms. The van der Waals surface area contributed by atoms with Gasteiger partial charge in [0.25, 0.3) is 5.91 Å². The van der Waals surface area contributed by atoms with E-state index in [0.717, 1.165) is 0 Å². The average molecular weight is 692 g/mol. The number of hydrogen-bond donors (Lipinski definition) is 0. The molecule has 1 saturated heterocycles. The van der Waals surface area contributed by atoms with Crippen LogP contribution in [0, 0.1) is 28.2 Å². The van der Waals surface area contributed by atoms with E-state index < -0.39 is 0 Å². The first-order chi connectivity index (χ1) is 13.5. The summed E-state index contributed by atoms with van der Waals surface area (Å²) in [6.45, 7) is 24.9. The van der Waals surface area contributed by atoms with Crippen LogP contribution in [0.2, 0.25) is 0 Å².